The molecule has 0 aliphatic heterocycles. The normalized spacial score (nSPS) is 10.9. The number of rotatable bonds is 6. The topological polar surface area (TPSA) is 76.7 Å². The molecule has 0 saturated heterocycles. The third-order valence-electron chi connectivity index (χ3n) is 3.02. The van der Waals surface area contributed by atoms with Gasteiger partial charge < -0.3 is 10.5 Å². The number of ether oxygens (including phenoxy) is 1. The predicted molar refractivity (Wildman–Crippen MR) is 92.7 cm³/mol. The van der Waals surface area contributed by atoms with E-state index in [1.54, 1.807) is 30.5 Å². The summed E-state index contributed by atoms with van der Waals surface area (Å²) in [5.41, 5.74) is 10.1. The molecule has 0 atom stereocenters. The van der Waals surface area contributed by atoms with Crippen molar-refractivity contribution in [3.63, 3.8) is 0 Å². The van der Waals surface area contributed by atoms with Crippen molar-refractivity contribution in [3.8, 4) is 5.75 Å². The van der Waals surface area contributed by atoms with Crippen LogP contribution in [0.25, 0.3) is 0 Å². The number of carbonyl (C=O) groups excluding carboxylic acids is 1. The Hall–Kier alpha value is -2.82. The number of hydrazone groups is 1. The van der Waals surface area contributed by atoms with Crippen LogP contribution in [0.1, 0.15) is 29.8 Å². The molecule has 2 aromatic carbocycles. The summed E-state index contributed by atoms with van der Waals surface area (Å²) in [6.45, 7) is 4.89. The van der Waals surface area contributed by atoms with E-state index < -0.39 is 0 Å². The average molecular weight is 311 g/mol. The van der Waals surface area contributed by atoms with Crippen LogP contribution in [0.2, 0.25) is 0 Å². The number of amides is 1. The second-order valence-electron chi connectivity index (χ2n) is 5.60. The van der Waals surface area contributed by atoms with Crippen molar-refractivity contribution in [2.75, 3.05) is 12.3 Å². The van der Waals surface area contributed by atoms with E-state index in [-0.39, 0.29) is 5.91 Å². The lowest BCUT2D eigenvalue weighted by molar-refractivity contribution is 0.0955. The van der Waals surface area contributed by atoms with E-state index in [0.717, 1.165) is 11.3 Å². The molecule has 2 rings (SSSR count). The highest BCUT2D eigenvalue weighted by Gasteiger charge is 2.02. The molecule has 0 unspecified atom stereocenters. The van der Waals surface area contributed by atoms with E-state index in [0.29, 0.717) is 23.8 Å². The molecule has 0 aromatic heterocycles. The van der Waals surface area contributed by atoms with E-state index in [4.69, 9.17) is 10.5 Å². The first-order chi connectivity index (χ1) is 11.0. The van der Waals surface area contributed by atoms with Gasteiger partial charge in [-0.05, 0) is 60.0 Å². The first kappa shape index (κ1) is 16.5. The van der Waals surface area contributed by atoms with E-state index >= 15 is 0 Å². The molecule has 5 heteroatoms. The summed E-state index contributed by atoms with van der Waals surface area (Å²) in [6, 6.07) is 14.2. The number of nitrogen functional groups attached to an aromatic ring is 1. The van der Waals surface area contributed by atoms with Gasteiger partial charge in [0.25, 0.3) is 5.91 Å². The van der Waals surface area contributed by atoms with Crippen molar-refractivity contribution in [1.29, 1.82) is 0 Å². The first-order valence-corrected chi connectivity index (χ1v) is 7.46. The summed E-state index contributed by atoms with van der Waals surface area (Å²) in [6.07, 6.45) is 1.58. The van der Waals surface area contributed by atoms with Crippen molar-refractivity contribution in [2.45, 2.75) is 13.8 Å². The Balaban J connectivity index is 1.87. The molecule has 2 aromatic rings. The molecule has 23 heavy (non-hydrogen) atoms. The molecule has 0 fully saturated rings. The Labute approximate surface area is 136 Å². The lowest BCUT2D eigenvalue weighted by Crippen LogP contribution is -2.17. The smallest absolute Gasteiger partial charge is 0.271 e. The van der Waals surface area contributed by atoms with E-state index in [9.17, 15) is 4.79 Å². The number of benzene rings is 2. The third kappa shape index (κ3) is 5.47. The van der Waals surface area contributed by atoms with Gasteiger partial charge in [0, 0.05) is 11.3 Å². The highest BCUT2D eigenvalue weighted by atomic mass is 16.5. The van der Waals surface area contributed by atoms with Crippen molar-refractivity contribution in [3.05, 3.63) is 59.7 Å². The molecule has 0 aliphatic carbocycles. The Morgan fingerprint density at radius 3 is 2.43 bits per heavy atom. The van der Waals surface area contributed by atoms with Gasteiger partial charge in [0.1, 0.15) is 5.75 Å². The van der Waals surface area contributed by atoms with Crippen molar-refractivity contribution in [2.24, 2.45) is 11.0 Å². The summed E-state index contributed by atoms with van der Waals surface area (Å²) >= 11 is 0. The number of nitrogens with zero attached hydrogens (tertiary/aromatic N) is 1. The maximum atomic E-state index is 11.9. The van der Waals surface area contributed by atoms with Crippen molar-refractivity contribution >= 4 is 17.8 Å². The van der Waals surface area contributed by atoms with Crippen LogP contribution in [0.15, 0.2) is 53.6 Å². The Morgan fingerprint density at radius 1 is 1.17 bits per heavy atom. The molecule has 120 valence electrons. The van der Waals surface area contributed by atoms with Gasteiger partial charge in [0.05, 0.1) is 12.8 Å². The van der Waals surface area contributed by atoms with Gasteiger partial charge in [0.2, 0.25) is 0 Å². The van der Waals surface area contributed by atoms with Crippen LogP contribution in [-0.2, 0) is 0 Å². The van der Waals surface area contributed by atoms with Gasteiger partial charge in [-0.3, -0.25) is 4.79 Å². The molecule has 0 radical (unpaired) electrons. The fourth-order valence-corrected chi connectivity index (χ4v) is 1.78. The van der Waals surface area contributed by atoms with Gasteiger partial charge in [-0.2, -0.15) is 5.10 Å². The third-order valence-corrected chi connectivity index (χ3v) is 3.02. The fourth-order valence-electron chi connectivity index (χ4n) is 1.78. The molecule has 0 heterocycles. The summed E-state index contributed by atoms with van der Waals surface area (Å²) in [5, 5.41) is 3.95. The van der Waals surface area contributed by atoms with Crippen LogP contribution in [0, 0.1) is 5.92 Å². The fraction of sp³-hybridized carbons (Fsp3) is 0.222. The lowest BCUT2D eigenvalue weighted by Gasteiger charge is -2.08. The largest absolute Gasteiger partial charge is 0.493 e. The lowest BCUT2D eigenvalue weighted by atomic mass is 10.2. The standard InChI is InChI=1S/C18H21N3O2/c1-13(2)12-23-17-9-3-14(4-10-17)11-20-21-18(22)15-5-7-16(19)8-6-15/h3-11,13H,12,19H2,1-2H3,(H,21,22)/b20-11-. The van der Waals surface area contributed by atoms with Gasteiger partial charge in [-0.25, -0.2) is 5.43 Å². The zero-order valence-corrected chi connectivity index (χ0v) is 13.3. The van der Waals surface area contributed by atoms with E-state index in [1.165, 1.54) is 0 Å². The summed E-state index contributed by atoms with van der Waals surface area (Å²) in [5.74, 6) is 1.03. The summed E-state index contributed by atoms with van der Waals surface area (Å²) < 4.78 is 5.61. The maximum absolute atomic E-state index is 11.9. The minimum atomic E-state index is -0.280. The van der Waals surface area contributed by atoms with Gasteiger partial charge >= 0.3 is 0 Å². The number of anilines is 1. The summed E-state index contributed by atoms with van der Waals surface area (Å²) in [4.78, 5) is 11.9. The van der Waals surface area contributed by atoms with Crippen LogP contribution < -0.4 is 15.9 Å². The second kappa shape index (κ2) is 7.98. The highest BCUT2D eigenvalue weighted by molar-refractivity contribution is 5.95. The van der Waals surface area contributed by atoms with E-state index in [2.05, 4.69) is 24.4 Å². The molecular formula is C18H21N3O2. The molecule has 0 spiro atoms. The first-order valence-electron chi connectivity index (χ1n) is 7.46. The molecule has 3 N–H and O–H groups in total. The number of nitrogens with one attached hydrogen (secondary N) is 1. The van der Waals surface area contributed by atoms with Crippen LogP contribution in [0.5, 0.6) is 5.75 Å². The average Bonchev–Trinajstić information content (AvgIpc) is 2.54. The number of carbonyl (C=O) groups is 1. The Bertz CT molecular complexity index is 662. The minimum absolute atomic E-state index is 0.280. The van der Waals surface area contributed by atoms with Crippen LogP contribution in [0.3, 0.4) is 0 Å². The second-order valence-corrected chi connectivity index (χ2v) is 5.60. The maximum Gasteiger partial charge on any atom is 0.271 e. The monoisotopic (exact) mass is 311 g/mol. The van der Waals surface area contributed by atoms with Crippen LogP contribution >= 0.6 is 0 Å². The zero-order valence-electron chi connectivity index (χ0n) is 13.3. The summed E-state index contributed by atoms with van der Waals surface area (Å²) in [7, 11) is 0. The predicted octanol–water partition coefficient (Wildman–Crippen LogP) is 3.07. The molecule has 5 nitrogen and oxygen atoms in total. The molecule has 1 amide bonds. The SMILES string of the molecule is CC(C)COc1ccc(/C=N\NC(=O)c2ccc(N)cc2)cc1. The van der Waals surface area contributed by atoms with Crippen LogP contribution in [-0.4, -0.2) is 18.7 Å². The molecular weight excluding hydrogens is 290 g/mol. The number of hydrogen-bond donors (Lipinski definition) is 2. The molecule has 0 saturated carbocycles. The molecule has 0 aliphatic rings. The number of hydrogen-bond acceptors (Lipinski definition) is 4. The highest BCUT2D eigenvalue weighted by Crippen LogP contribution is 2.12. The molecule has 0 bridgehead atoms. The van der Waals surface area contributed by atoms with E-state index in [1.807, 2.05) is 24.3 Å². The quantitative estimate of drug-likeness (QED) is 0.489. The minimum Gasteiger partial charge on any atom is -0.493 e. The number of nitrogens with two attached hydrogens (primary N) is 1. The Morgan fingerprint density at radius 2 is 1.83 bits per heavy atom. The van der Waals surface area contributed by atoms with Gasteiger partial charge in [-0.1, -0.05) is 13.8 Å². The van der Waals surface area contributed by atoms with Gasteiger partial charge in [0.15, 0.2) is 0 Å². The Kier molecular flexibility index (Phi) is 5.74. The zero-order chi connectivity index (χ0) is 16.7. The van der Waals surface area contributed by atoms with Gasteiger partial charge in [-0.15, -0.1) is 0 Å². The van der Waals surface area contributed by atoms with Crippen molar-refractivity contribution < 1.29 is 9.53 Å². The van der Waals surface area contributed by atoms with Crippen molar-refractivity contribution in [1.82, 2.24) is 5.43 Å². The van der Waals surface area contributed by atoms with Crippen LogP contribution in [0.4, 0.5) is 5.69 Å².